The highest BCUT2D eigenvalue weighted by Crippen LogP contribution is 2.33. The second-order valence-corrected chi connectivity index (χ2v) is 5.69. The van der Waals surface area contributed by atoms with Gasteiger partial charge in [0.1, 0.15) is 19.3 Å². The molecule has 0 unspecified atom stereocenters. The highest BCUT2D eigenvalue weighted by atomic mass is 16.6. The summed E-state index contributed by atoms with van der Waals surface area (Å²) < 4.78 is 14.8. The van der Waals surface area contributed by atoms with Gasteiger partial charge in [-0.2, -0.15) is 0 Å². The molecule has 1 aromatic rings. The van der Waals surface area contributed by atoms with E-state index in [9.17, 15) is 19.2 Å². The van der Waals surface area contributed by atoms with E-state index in [1.165, 1.54) is 0 Å². The number of imide groups is 1. The number of hydrogen-bond acceptors (Lipinski definition) is 7. The Hall–Kier alpha value is -3.10. The van der Waals surface area contributed by atoms with Gasteiger partial charge >= 0.3 is 18.2 Å². The van der Waals surface area contributed by atoms with Gasteiger partial charge in [-0.15, -0.1) is 0 Å². The monoisotopic (exact) mass is 362 g/mol. The third-order valence-electron chi connectivity index (χ3n) is 4.03. The van der Waals surface area contributed by atoms with Crippen molar-refractivity contribution < 1.29 is 33.4 Å². The van der Waals surface area contributed by atoms with E-state index in [1.807, 2.05) is 6.07 Å². The number of esters is 1. The highest BCUT2D eigenvalue weighted by molar-refractivity contribution is 6.05. The number of hydrogen-bond donors (Lipinski definition) is 0. The lowest BCUT2D eigenvalue weighted by molar-refractivity contribution is -0.144. The first kappa shape index (κ1) is 17.7. The SMILES string of the molecule is CCOC(=O)[C@@H]1[C@@H](C(=O)N2CCOC2=O)N1C(=O)OCc1ccccc1. The Kier molecular flexibility index (Phi) is 5.06. The smallest absolute Gasteiger partial charge is 0.416 e. The normalized spacial score (nSPS) is 21.2. The van der Waals surface area contributed by atoms with Gasteiger partial charge in [-0.3, -0.25) is 9.69 Å². The first-order valence-electron chi connectivity index (χ1n) is 8.18. The molecule has 9 heteroatoms. The molecule has 2 heterocycles. The van der Waals surface area contributed by atoms with Crippen LogP contribution in [0.25, 0.3) is 0 Å². The molecule has 0 aromatic heterocycles. The molecule has 2 aliphatic rings. The molecule has 138 valence electrons. The van der Waals surface area contributed by atoms with Gasteiger partial charge in [0.2, 0.25) is 0 Å². The second-order valence-electron chi connectivity index (χ2n) is 5.69. The van der Waals surface area contributed by atoms with Crippen molar-refractivity contribution in [2.45, 2.75) is 25.6 Å². The molecule has 0 bridgehead atoms. The van der Waals surface area contributed by atoms with Gasteiger partial charge in [0.25, 0.3) is 5.91 Å². The van der Waals surface area contributed by atoms with Crippen LogP contribution in [0.15, 0.2) is 30.3 Å². The lowest BCUT2D eigenvalue weighted by Gasteiger charge is -2.10. The number of carbonyl (C=O) groups excluding carboxylic acids is 4. The summed E-state index contributed by atoms with van der Waals surface area (Å²) >= 11 is 0. The average Bonchev–Trinajstić information content (AvgIpc) is 3.26. The molecule has 3 rings (SSSR count). The molecule has 2 atom stereocenters. The third-order valence-corrected chi connectivity index (χ3v) is 4.03. The molecular weight excluding hydrogens is 344 g/mol. The van der Waals surface area contributed by atoms with Crippen molar-refractivity contribution in [3.05, 3.63) is 35.9 Å². The molecule has 0 N–H and O–H groups in total. The van der Waals surface area contributed by atoms with E-state index in [-0.39, 0.29) is 26.4 Å². The minimum absolute atomic E-state index is 0.00160. The Bertz CT molecular complexity index is 721. The summed E-state index contributed by atoms with van der Waals surface area (Å²) in [5, 5.41) is 0. The molecule has 2 fully saturated rings. The van der Waals surface area contributed by atoms with Gasteiger partial charge < -0.3 is 14.2 Å². The maximum Gasteiger partial charge on any atom is 0.416 e. The zero-order valence-corrected chi connectivity index (χ0v) is 14.1. The van der Waals surface area contributed by atoms with Gasteiger partial charge in [-0.25, -0.2) is 19.3 Å². The molecule has 1 aromatic carbocycles. The fourth-order valence-corrected chi connectivity index (χ4v) is 2.73. The van der Waals surface area contributed by atoms with Gasteiger partial charge in [-0.1, -0.05) is 30.3 Å². The van der Waals surface area contributed by atoms with E-state index in [0.29, 0.717) is 0 Å². The van der Waals surface area contributed by atoms with Gasteiger partial charge in [0.05, 0.1) is 13.2 Å². The van der Waals surface area contributed by atoms with Crippen molar-refractivity contribution in [3.8, 4) is 0 Å². The summed E-state index contributed by atoms with van der Waals surface area (Å²) in [4.78, 5) is 50.3. The van der Waals surface area contributed by atoms with Crippen molar-refractivity contribution >= 4 is 24.1 Å². The number of rotatable bonds is 5. The van der Waals surface area contributed by atoms with Crippen molar-refractivity contribution in [3.63, 3.8) is 0 Å². The Morgan fingerprint density at radius 2 is 1.88 bits per heavy atom. The standard InChI is InChI=1S/C17H18N2O7/c1-2-24-15(21)13-12(14(20)18-8-9-25-16(18)22)19(13)17(23)26-10-11-6-4-3-5-7-11/h3-7,12-13H,2,8-10H2,1H3/t12-,13-,19?/m0/s1. The van der Waals surface area contributed by atoms with E-state index in [0.717, 1.165) is 15.4 Å². The van der Waals surface area contributed by atoms with E-state index >= 15 is 0 Å². The molecule has 9 nitrogen and oxygen atoms in total. The van der Waals surface area contributed by atoms with Crippen LogP contribution in [0.5, 0.6) is 0 Å². The molecular formula is C17H18N2O7. The summed E-state index contributed by atoms with van der Waals surface area (Å²) in [5.74, 6) is -1.39. The molecule has 0 spiro atoms. The average molecular weight is 362 g/mol. The minimum Gasteiger partial charge on any atom is -0.464 e. The van der Waals surface area contributed by atoms with Crippen LogP contribution in [0.1, 0.15) is 12.5 Å². The number of cyclic esters (lactones) is 1. The molecule has 0 aliphatic carbocycles. The summed E-state index contributed by atoms with van der Waals surface area (Å²) in [6.45, 7) is 1.89. The molecule has 2 aliphatic heterocycles. The summed E-state index contributed by atoms with van der Waals surface area (Å²) in [6, 6.07) is 6.77. The van der Waals surface area contributed by atoms with Crippen molar-refractivity contribution in [2.24, 2.45) is 0 Å². The van der Waals surface area contributed by atoms with E-state index < -0.39 is 36.1 Å². The zero-order valence-electron chi connectivity index (χ0n) is 14.1. The predicted octanol–water partition coefficient (Wildman–Crippen LogP) is 0.918. The first-order chi connectivity index (χ1) is 12.5. The van der Waals surface area contributed by atoms with E-state index in [4.69, 9.17) is 14.2 Å². The molecule has 26 heavy (non-hydrogen) atoms. The Labute approximate surface area is 149 Å². The largest absolute Gasteiger partial charge is 0.464 e. The Morgan fingerprint density at radius 1 is 1.15 bits per heavy atom. The number of ether oxygens (including phenoxy) is 3. The van der Waals surface area contributed by atoms with Crippen LogP contribution in [-0.4, -0.2) is 65.7 Å². The van der Waals surface area contributed by atoms with Crippen LogP contribution < -0.4 is 0 Å². The lowest BCUT2D eigenvalue weighted by Crippen LogP contribution is -2.37. The Balaban J connectivity index is 1.68. The maximum atomic E-state index is 12.5. The van der Waals surface area contributed by atoms with Crippen LogP contribution in [0.4, 0.5) is 9.59 Å². The van der Waals surface area contributed by atoms with Crippen molar-refractivity contribution in [1.82, 2.24) is 9.80 Å². The first-order valence-corrected chi connectivity index (χ1v) is 8.18. The lowest BCUT2D eigenvalue weighted by atomic mass is 10.2. The van der Waals surface area contributed by atoms with E-state index in [1.54, 1.807) is 31.2 Å². The summed E-state index contributed by atoms with van der Waals surface area (Å²) in [6.07, 6.45) is -1.61. The maximum absolute atomic E-state index is 12.5. The number of nitrogens with zero attached hydrogens (tertiary/aromatic N) is 2. The fourth-order valence-electron chi connectivity index (χ4n) is 2.73. The van der Waals surface area contributed by atoms with Crippen LogP contribution in [0.2, 0.25) is 0 Å². The van der Waals surface area contributed by atoms with Crippen LogP contribution in [0, 0.1) is 0 Å². The van der Waals surface area contributed by atoms with Crippen LogP contribution in [-0.2, 0) is 30.4 Å². The predicted molar refractivity (Wildman–Crippen MR) is 85.7 cm³/mol. The van der Waals surface area contributed by atoms with Crippen LogP contribution in [0.3, 0.4) is 0 Å². The van der Waals surface area contributed by atoms with Crippen molar-refractivity contribution in [2.75, 3.05) is 19.8 Å². The summed E-state index contributed by atoms with van der Waals surface area (Å²) in [7, 11) is 0. The van der Waals surface area contributed by atoms with Crippen molar-refractivity contribution in [1.29, 1.82) is 0 Å². The van der Waals surface area contributed by atoms with Gasteiger partial charge in [0.15, 0.2) is 6.04 Å². The topological polar surface area (TPSA) is 102 Å². The minimum atomic E-state index is -1.12. The molecule has 0 radical (unpaired) electrons. The fraction of sp³-hybridized carbons (Fsp3) is 0.412. The Morgan fingerprint density at radius 3 is 2.50 bits per heavy atom. The zero-order chi connectivity index (χ0) is 18.7. The molecule has 2 saturated heterocycles. The molecule has 0 saturated carbocycles. The summed E-state index contributed by atoms with van der Waals surface area (Å²) in [5.41, 5.74) is 0.765. The van der Waals surface area contributed by atoms with Gasteiger partial charge in [0, 0.05) is 0 Å². The van der Waals surface area contributed by atoms with E-state index in [2.05, 4.69) is 0 Å². The third kappa shape index (κ3) is 3.46. The quantitative estimate of drug-likeness (QED) is 0.436. The highest BCUT2D eigenvalue weighted by Gasteiger charge is 2.63. The van der Waals surface area contributed by atoms with Gasteiger partial charge in [-0.05, 0) is 12.5 Å². The van der Waals surface area contributed by atoms with Crippen LogP contribution >= 0.6 is 0 Å². The number of benzene rings is 1. The number of carbonyl (C=O) groups is 4. The number of amides is 3. The molecule has 3 amide bonds. The second kappa shape index (κ2) is 7.42.